The zero-order chi connectivity index (χ0) is 15.6. The van der Waals surface area contributed by atoms with Crippen molar-refractivity contribution in [1.82, 2.24) is 10.6 Å². The van der Waals surface area contributed by atoms with Crippen molar-refractivity contribution >= 4 is 5.96 Å². The molecule has 0 atom stereocenters. The van der Waals surface area contributed by atoms with Crippen LogP contribution in [0.2, 0.25) is 0 Å². The molecule has 0 bridgehead atoms. The van der Waals surface area contributed by atoms with Crippen molar-refractivity contribution in [3.63, 3.8) is 0 Å². The van der Waals surface area contributed by atoms with Crippen molar-refractivity contribution < 1.29 is 9.47 Å². The van der Waals surface area contributed by atoms with E-state index in [2.05, 4.69) is 33.8 Å². The molecular formula is C17H25N3O2. The molecule has 5 heteroatoms. The molecule has 0 aliphatic heterocycles. The van der Waals surface area contributed by atoms with Gasteiger partial charge in [-0.25, -0.2) is 0 Å². The Morgan fingerprint density at radius 2 is 2.09 bits per heavy atom. The van der Waals surface area contributed by atoms with Crippen LogP contribution in [0.5, 0.6) is 5.75 Å². The number of benzene rings is 1. The molecule has 0 spiro atoms. The third kappa shape index (κ3) is 5.41. The van der Waals surface area contributed by atoms with Gasteiger partial charge in [0, 0.05) is 26.7 Å². The molecule has 0 aromatic heterocycles. The molecule has 2 rings (SSSR count). The molecule has 1 aromatic carbocycles. The number of rotatable bonds is 7. The zero-order valence-electron chi connectivity index (χ0n) is 13.3. The van der Waals surface area contributed by atoms with Gasteiger partial charge in [-0.05, 0) is 30.5 Å². The van der Waals surface area contributed by atoms with Gasteiger partial charge in [-0.1, -0.05) is 24.3 Å². The van der Waals surface area contributed by atoms with Crippen LogP contribution in [0, 0.1) is 0 Å². The lowest BCUT2D eigenvalue weighted by molar-refractivity contribution is 0.146. The minimum Gasteiger partial charge on any atom is -0.491 e. The average Bonchev–Trinajstić information content (AvgIpc) is 3.05. The molecular weight excluding hydrogens is 278 g/mol. The van der Waals surface area contributed by atoms with Gasteiger partial charge in [-0.3, -0.25) is 4.99 Å². The third-order valence-electron chi connectivity index (χ3n) is 3.49. The number of ether oxygens (including phenoxy) is 2. The van der Waals surface area contributed by atoms with Gasteiger partial charge < -0.3 is 20.1 Å². The van der Waals surface area contributed by atoms with Crippen LogP contribution < -0.4 is 15.4 Å². The first-order valence-corrected chi connectivity index (χ1v) is 7.64. The summed E-state index contributed by atoms with van der Waals surface area (Å²) in [7, 11) is 3.46. The molecule has 22 heavy (non-hydrogen) atoms. The summed E-state index contributed by atoms with van der Waals surface area (Å²) >= 11 is 0. The summed E-state index contributed by atoms with van der Waals surface area (Å²) in [6.45, 7) is 1.86. The Morgan fingerprint density at radius 3 is 2.82 bits per heavy atom. The Balaban J connectivity index is 1.80. The van der Waals surface area contributed by atoms with E-state index < -0.39 is 0 Å². The van der Waals surface area contributed by atoms with E-state index in [0.717, 1.165) is 30.1 Å². The van der Waals surface area contributed by atoms with Crippen molar-refractivity contribution in [2.24, 2.45) is 4.99 Å². The van der Waals surface area contributed by atoms with Gasteiger partial charge in [0.15, 0.2) is 5.96 Å². The van der Waals surface area contributed by atoms with E-state index in [1.165, 1.54) is 0 Å². The van der Waals surface area contributed by atoms with Gasteiger partial charge >= 0.3 is 0 Å². The second-order valence-electron chi connectivity index (χ2n) is 5.20. The molecule has 0 heterocycles. The van der Waals surface area contributed by atoms with Crippen LogP contribution in [0.25, 0.3) is 0 Å². The van der Waals surface area contributed by atoms with Crippen molar-refractivity contribution in [2.45, 2.75) is 25.4 Å². The number of hydrogen-bond donors (Lipinski definition) is 2. The number of hydrogen-bond acceptors (Lipinski definition) is 3. The van der Waals surface area contributed by atoms with E-state index in [1.54, 1.807) is 14.2 Å². The second-order valence-corrected chi connectivity index (χ2v) is 5.20. The molecule has 0 amide bonds. The predicted molar refractivity (Wildman–Crippen MR) is 89.3 cm³/mol. The standard InChI is InChI=1S/C17H25N3O2/c1-18-17(20-15-7-3-4-8-15)19-13-14-6-5-9-16(12-14)22-11-10-21-2/h3-6,9,12,15H,7-8,10-11,13H2,1-2H3,(H2,18,19,20). The van der Waals surface area contributed by atoms with E-state index in [9.17, 15) is 0 Å². The largest absolute Gasteiger partial charge is 0.491 e. The van der Waals surface area contributed by atoms with Gasteiger partial charge in [-0.2, -0.15) is 0 Å². The van der Waals surface area contributed by atoms with E-state index in [-0.39, 0.29) is 0 Å². The van der Waals surface area contributed by atoms with Crippen molar-refractivity contribution in [1.29, 1.82) is 0 Å². The lowest BCUT2D eigenvalue weighted by atomic mass is 10.2. The molecule has 0 unspecified atom stereocenters. The maximum atomic E-state index is 5.62. The molecule has 0 fully saturated rings. The molecule has 0 saturated carbocycles. The van der Waals surface area contributed by atoms with Crippen molar-refractivity contribution in [2.75, 3.05) is 27.4 Å². The number of nitrogens with one attached hydrogen (secondary N) is 2. The summed E-state index contributed by atoms with van der Waals surface area (Å²) < 4.78 is 10.6. The number of nitrogens with zero attached hydrogens (tertiary/aromatic N) is 1. The molecule has 1 aliphatic carbocycles. The molecule has 5 nitrogen and oxygen atoms in total. The number of methoxy groups -OCH3 is 1. The molecule has 120 valence electrons. The summed E-state index contributed by atoms with van der Waals surface area (Å²) in [6, 6.07) is 8.51. The smallest absolute Gasteiger partial charge is 0.191 e. The third-order valence-corrected chi connectivity index (χ3v) is 3.49. The summed E-state index contributed by atoms with van der Waals surface area (Å²) in [4.78, 5) is 4.27. The fourth-order valence-corrected chi connectivity index (χ4v) is 2.30. The molecule has 1 aromatic rings. The minimum absolute atomic E-state index is 0.454. The van der Waals surface area contributed by atoms with Crippen LogP contribution in [0.4, 0.5) is 0 Å². The first-order valence-electron chi connectivity index (χ1n) is 7.64. The first kappa shape index (κ1) is 16.4. The lowest BCUT2D eigenvalue weighted by Crippen LogP contribution is -2.42. The highest BCUT2D eigenvalue weighted by Crippen LogP contribution is 2.13. The van der Waals surface area contributed by atoms with Gasteiger partial charge in [0.1, 0.15) is 12.4 Å². The van der Waals surface area contributed by atoms with Crippen LogP contribution in [0.1, 0.15) is 18.4 Å². The van der Waals surface area contributed by atoms with E-state index in [1.807, 2.05) is 18.2 Å². The highest BCUT2D eigenvalue weighted by Gasteiger charge is 2.11. The Morgan fingerprint density at radius 1 is 1.27 bits per heavy atom. The highest BCUT2D eigenvalue weighted by molar-refractivity contribution is 5.80. The minimum atomic E-state index is 0.454. The quantitative estimate of drug-likeness (QED) is 0.350. The van der Waals surface area contributed by atoms with Gasteiger partial charge in [-0.15, -0.1) is 0 Å². The van der Waals surface area contributed by atoms with Crippen LogP contribution in [0.3, 0.4) is 0 Å². The Hall–Kier alpha value is -2.01. The fraction of sp³-hybridized carbons (Fsp3) is 0.471. The number of guanidine groups is 1. The van der Waals surface area contributed by atoms with E-state index in [4.69, 9.17) is 9.47 Å². The number of aliphatic imine (C=N–C) groups is 1. The second kappa shape index (κ2) is 9.10. The fourth-order valence-electron chi connectivity index (χ4n) is 2.30. The maximum absolute atomic E-state index is 5.62. The van der Waals surface area contributed by atoms with Crippen molar-refractivity contribution in [3.8, 4) is 5.75 Å². The molecule has 1 aliphatic rings. The molecule has 2 N–H and O–H groups in total. The van der Waals surface area contributed by atoms with Crippen LogP contribution >= 0.6 is 0 Å². The summed E-state index contributed by atoms with van der Waals surface area (Å²) in [5.41, 5.74) is 1.16. The normalized spacial score (nSPS) is 15.1. The summed E-state index contributed by atoms with van der Waals surface area (Å²) in [5.74, 6) is 1.69. The topological polar surface area (TPSA) is 54.9 Å². The Bertz CT molecular complexity index is 506. The zero-order valence-corrected chi connectivity index (χ0v) is 13.3. The van der Waals surface area contributed by atoms with Crippen LogP contribution in [-0.2, 0) is 11.3 Å². The van der Waals surface area contributed by atoms with Crippen molar-refractivity contribution in [3.05, 3.63) is 42.0 Å². The van der Waals surface area contributed by atoms with Gasteiger partial charge in [0.05, 0.1) is 6.61 Å². The molecule has 0 radical (unpaired) electrons. The van der Waals surface area contributed by atoms with Crippen LogP contribution in [-0.4, -0.2) is 39.4 Å². The highest BCUT2D eigenvalue weighted by atomic mass is 16.5. The van der Waals surface area contributed by atoms with Crippen LogP contribution in [0.15, 0.2) is 41.4 Å². The summed E-state index contributed by atoms with van der Waals surface area (Å²) in [6.07, 6.45) is 6.52. The van der Waals surface area contributed by atoms with E-state index >= 15 is 0 Å². The Labute approximate surface area is 132 Å². The van der Waals surface area contributed by atoms with Gasteiger partial charge in [0.2, 0.25) is 0 Å². The SMILES string of the molecule is CN=C(NCc1cccc(OCCOC)c1)NC1CC=CC1. The van der Waals surface area contributed by atoms with E-state index in [0.29, 0.717) is 25.8 Å². The average molecular weight is 303 g/mol. The predicted octanol–water partition coefficient (Wildman–Crippen LogP) is 2.10. The Kier molecular flexibility index (Phi) is 6.77. The maximum Gasteiger partial charge on any atom is 0.191 e. The monoisotopic (exact) mass is 303 g/mol. The lowest BCUT2D eigenvalue weighted by Gasteiger charge is -2.17. The summed E-state index contributed by atoms with van der Waals surface area (Å²) in [5, 5.41) is 6.76. The molecule has 0 saturated heterocycles. The van der Waals surface area contributed by atoms with Gasteiger partial charge in [0.25, 0.3) is 0 Å². The first-order chi connectivity index (χ1) is 10.8.